The fourth-order valence-electron chi connectivity index (χ4n) is 2.79. The summed E-state index contributed by atoms with van der Waals surface area (Å²) >= 11 is 1.79. The van der Waals surface area contributed by atoms with E-state index in [0.717, 1.165) is 0 Å². The Hall–Kier alpha value is -2.64. The number of hydrogen-bond donors (Lipinski definition) is 0. The molecule has 0 unspecified atom stereocenters. The lowest BCUT2D eigenvalue weighted by molar-refractivity contribution is 1.76. The van der Waals surface area contributed by atoms with Gasteiger partial charge in [-0.05, 0) is 56.6 Å². The Morgan fingerprint density at radius 3 is 1.35 bits per heavy atom. The van der Waals surface area contributed by atoms with Gasteiger partial charge in [0.15, 0.2) is 0 Å². The molecule has 23 heavy (non-hydrogen) atoms. The Labute approximate surface area is 139 Å². The van der Waals surface area contributed by atoms with Gasteiger partial charge in [-0.1, -0.05) is 66.7 Å². The normalized spacial score (nSPS) is 10.6. The monoisotopic (exact) mass is 312 g/mol. The third kappa shape index (κ3) is 2.96. The van der Waals surface area contributed by atoms with Crippen LogP contribution >= 0.6 is 11.3 Å². The smallest absolute Gasteiger partial charge is 0.0342 e. The summed E-state index contributed by atoms with van der Waals surface area (Å²) in [7, 11) is 0. The van der Waals surface area contributed by atoms with Crippen LogP contribution in [-0.2, 0) is 0 Å². The first-order valence-electron chi connectivity index (χ1n) is 7.70. The fraction of sp³-hybridized carbons (Fsp3) is 0. The van der Waals surface area contributed by atoms with Gasteiger partial charge in [-0.25, -0.2) is 0 Å². The van der Waals surface area contributed by atoms with Crippen molar-refractivity contribution in [1.29, 1.82) is 0 Å². The minimum Gasteiger partial charge on any atom is -0.144 e. The minimum atomic E-state index is 1.31. The van der Waals surface area contributed by atoms with Crippen LogP contribution < -0.4 is 0 Å². The lowest BCUT2D eigenvalue weighted by Crippen LogP contribution is -1.74. The summed E-state index contributed by atoms with van der Waals surface area (Å²) in [6.45, 7) is 0. The number of rotatable bonds is 0. The van der Waals surface area contributed by atoms with Crippen molar-refractivity contribution in [3.8, 4) is 0 Å². The average molecular weight is 312 g/mol. The summed E-state index contributed by atoms with van der Waals surface area (Å²) < 4.78 is 1.37. The molecule has 0 saturated heterocycles. The molecular formula is C22H16S. The van der Waals surface area contributed by atoms with E-state index in [1.807, 2.05) is 0 Å². The van der Waals surface area contributed by atoms with Gasteiger partial charge in [0.1, 0.15) is 0 Å². The molecule has 0 fully saturated rings. The Morgan fingerprint density at radius 2 is 0.870 bits per heavy atom. The molecule has 110 valence electrons. The van der Waals surface area contributed by atoms with Crippen LogP contribution in [-0.4, -0.2) is 0 Å². The predicted molar refractivity (Wildman–Crippen MR) is 103 cm³/mol. The van der Waals surface area contributed by atoms with Crippen LogP contribution in [0.25, 0.3) is 31.6 Å². The molecule has 0 N–H and O–H groups in total. The van der Waals surface area contributed by atoms with E-state index < -0.39 is 0 Å². The van der Waals surface area contributed by atoms with Gasteiger partial charge in [-0.3, -0.25) is 0 Å². The van der Waals surface area contributed by atoms with Crippen LogP contribution in [0.5, 0.6) is 0 Å². The molecule has 1 heterocycles. The highest BCUT2D eigenvalue weighted by Crippen LogP contribution is 2.22. The Kier molecular flexibility index (Phi) is 3.79. The van der Waals surface area contributed by atoms with Crippen LogP contribution in [0.1, 0.15) is 0 Å². The van der Waals surface area contributed by atoms with E-state index in [-0.39, 0.29) is 0 Å². The molecule has 5 aromatic rings. The third-order valence-electron chi connectivity index (χ3n) is 3.98. The highest BCUT2D eigenvalue weighted by atomic mass is 32.1. The number of hydrogen-bond acceptors (Lipinski definition) is 1. The molecule has 0 nitrogen and oxygen atoms in total. The summed E-state index contributed by atoms with van der Waals surface area (Å²) in [4.78, 5) is 0. The molecule has 0 aliphatic heterocycles. The second-order valence-corrected chi connectivity index (χ2v) is 6.45. The van der Waals surface area contributed by atoms with Crippen LogP contribution in [0.4, 0.5) is 0 Å². The first-order chi connectivity index (χ1) is 11.4. The Bertz CT molecular complexity index is 937. The first kappa shape index (κ1) is 14.0. The largest absolute Gasteiger partial charge is 0.144 e. The van der Waals surface area contributed by atoms with Gasteiger partial charge in [-0.2, -0.15) is 0 Å². The summed E-state index contributed by atoms with van der Waals surface area (Å²) in [6, 6.07) is 32.0. The van der Waals surface area contributed by atoms with Gasteiger partial charge < -0.3 is 0 Å². The van der Waals surface area contributed by atoms with Crippen molar-refractivity contribution in [3.05, 3.63) is 96.4 Å². The van der Waals surface area contributed by atoms with Crippen molar-refractivity contribution >= 4 is 43.0 Å². The Morgan fingerprint density at radius 1 is 0.435 bits per heavy atom. The van der Waals surface area contributed by atoms with Gasteiger partial charge >= 0.3 is 0 Å². The minimum absolute atomic E-state index is 1.31. The first-order valence-corrected chi connectivity index (χ1v) is 8.58. The van der Waals surface area contributed by atoms with Crippen molar-refractivity contribution < 1.29 is 0 Å². The Balaban J connectivity index is 0.000000130. The maximum absolute atomic E-state index is 2.24. The lowest BCUT2D eigenvalue weighted by Gasteiger charge is -2.00. The molecule has 0 aliphatic rings. The van der Waals surface area contributed by atoms with E-state index in [9.17, 15) is 0 Å². The molecule has 4 aromatic carbocycles. The topological polar surface area (TPSA) is 0 Å². The van der Waals surface area contributed by atoms with Crippen LogP contribution in [0.2, 0.25) is 0 Å². The molecule has 0 spiro atoms. The van der Waals surface area contributed by atoms with Crippen molar-refractivity contribution in [2.75, 3.05) is 0 Å². The van der Waals surface area contributed by atoms with Crippen LogP contribution in [0, 0.1) is 0 Å². The fourth-order valence-corrected chi connectivity index (χ4v) is 3.58. The van der Waals surface area contributed by atoms with Gasteiger partial charge in [0.25, 0.3) is 0 Å². The summed E-state index contributed by atoms with van der Waals surface area (Å²) in [5.41, 5.74) is 0. The van der Waals surface area contributed by atoms with Gasteiger partial charge in [-0.15, -0.1) is 11.3 Å². The van der Waals surface area contributed by atoms with Crippen molar-refractivity contribution in [3.63, 3.8) is 0 Å². The van der Waals surface area contributed by atoms with Crippen molar-refractivity contribution in [2.45, 2.75) is 0 Å². The molecule has 0 radical (unpaired) electrons. The summed E-state index contributed by atoms with van der Waals surface area (Å²) in [5, 5.41) is 8.71. The van der Waals surface area contributed by atoms with Crippen LogP contribution in [0.3, 0.4) is 0 Å². The molecule has 0 amide bonds. The quantitative estimate of drug-likeness (QED) is 0.273. The van der Waals surface area contributed by atoms with Gasteiger partial charge in [0.2, 0.25) is 0 Å². The SMILES string of the molecule is c1ccc2cc3ccccc3cc2c1.c1ccc2sccc2c1. The zero-order valence-electron chi connectivity index (χ0n) is 12.6. The maximum Gasteiger partial charge on any atom is 0.0342 e. The molecule has 1 heteroatoms. The zero-order valence-corrected chi connectivity index (χ0v) is 13.5. The van der Waals surface area contributed by atoms with E-state index in [4.69, 9.17) is 0 Å². The molecule has 0 bridgehead atoms. The molecule has 1 aromatic heterocycles. The molecule has 0 atom stereocenters. The highest BCUT2D eigenvalue weighted by Gasteiger charge is 1.95. The molecule has 0 aliphatic carbocycles. The molecular weight excluding hydrogens is 296 g/mol. The number of benzene rings is 4. The van der Waals surface area contributed by atoms with E-state index in [1.165, 1.54) is 31.6 Å². The van der Waals surface area contributed by atoms with E-state index >= 15 is 0 Å². The van der Waals surface area contributed by atoms with Crippen molar-refractivity contribution in [1.82, 2.24) is 0 Å². The molecule has 0 saturated carbocycles. The van der Waals surface area contributed by atoms with Gasteiger partial charge in [0, 0.05) is 4.70 Å². The summed E-state index contributed by atoms with van der Waals surface area (Å²) in [5.74, 6) is 0. The van der Waals surface area contributed by atoms with Crippen molar-refractivity contribution in [2.24, 2.45) is 0 Å². The van der Waals surface area contributed by atoms with E-state index in [0.29, 0.717) is 0 Å². The summed E-state index contributed by atoms with van der Waals surface area (Å²) in [6.07, 6.45) is 0. The molecule has 5 rings (SSSR count). The predicted octanol–water partition coefficient (Wildman–Crippen LogP) is 6.89. The lowest BCUT2D eigenvalue weighted by atomic mass is 10.0. The second kappa shape index (κ2) is 6.23. The van der Waals surface area contributed by atoms with E-state index in [2.05, 4.69) is 96.4 Å². The standard InChI is InChI=1S/C14H10.C8H6S/c1-2-6-12-10-14-8-4-3-7-13(14)9-11(12)5-1;1-2-4-8-7(3-1)5-6-9-8/h1-10H;1-6H. The number of fused-ring (bicyclic) bond motifs is 3. The maximum atomic E-state index is 2.24. The second-order valence-electron chi connectivity index (χ2n) is 5.50. The van der Waals surface area contributed by atoms with Crippen LogP contribution in [0.15, 0.2) is 96.4 Å². The zero-order chi connectivity index (χ0) is 15.5. The van der Waals surface area contributed by atoms with E-state index in [1.54, 1.807) is 11.3 Å². The third-order valence-corrected chi connectivity index (χ3v) is 4.87. The highest BCUT2D eigenvalue weighted by molar-refractivity contribution is 7.17. The van der Waals surface area contributed by atoms with Gasteiger partial charge in [0.05, 0.1) is 0 Å². The average Bonchev–Trinajstić information content (AvgIpc) is 3.09. The number of thiophene rings is 1.